The Bertz CT molecular complexity index is 678. The van der Waals surface area contributed by atoms with Crippen LogP contribution >= 0.6 is 0 Å². The summed E-state index contributed by atoms with van der Waals surface area (Å²) in [5.41, 5.74) is 0. The summed E-state index contributed by atoms with van der Waals surface area (Å²) in [6, 6.07) is -1.77. The Hall–Kier alpha value is -2.26. The van der Waals surface area contributed by atoms with Crippen molar-refractivity contribution in [1.82, 2.24) is 16.0 Å². The fraction of sp³-hybridized carbons (Fsp3) is 0.818. The fourth-order valence-electron chi connectivity index (χ4n) is 4.28. The number of rotatable bonds is 10. The zero-order valence-electron chi connectivity index (χ0n) is 19.0. The fourth-order valence-corrected chi connectivity index (χ4v) is 4.28. The highest BCUT2D eigenvalue weighted by Crippen LogP contribution is 2.38. The molecular weight excluding hydrogens is 424 g/mol. The number of carbonyl (C=O) groups excluding carboxylic acids is 4. The molecule has 1 heterocycles. The summed E-state index contributed by atoms with van der Waals surface area (Å²) in [7, 11) is 0. The third kappa shape index (κ3) is 8.02. The molecule has 2 aliphatic rings. The molecule has 2 fully saturated rings. The van der Waals surface area contributed by atoms with Crippen LogP contribution in [0.25, 0.3) is 0 Å². The van der Waals surface area contributed by atoms with Gasteiger partial charge in [0.1, 0.15) is 18.4 Å². The molecule has 0 aromatic rings. The van der Waals surface area contributed by atoms with Crippen molar-refractivity contribution >= 4 is 24.2 Å². The van der Waals surface area contributed by atoms with Gasteiger partial charge in [0.2, 0.25) is 17.7 Å². The second kappa shape index (κ2) is 11.6. The summed E-state index contributed by atoms with van der Waals surface area (Å²) in [5.74, 6) is -3.75. The summed E-state index contributed by atoms with van der Waals surface area (Å²) in [6.45, 7) is 5.99. The number of aldehydes is 1. The van der Waals surface area contributed by atoms with Crippen LogP contribution in [-0.4, -0.2) is 54.8 Å². The minimum absolute atomic E-state index is 0.0688. The van der Waals surface area contributed by atoms with Crippen LogP contribution < -0.4 is 16.0 Å². The molecular formula is C22H35F2N3O5. The highest BCUT2D eigenvalue weighted by atomic mass is 19.3. The van der Waals surface area contributed by atoms with Crippen LogP contribution in [0.4, 0.5) is 13.6 Å². The first-order valence-corrected chi connectivity index (χ1v) is 11.4. The minimum atomic E-state index is -2.66. The molecule has 8 nitrogen and oxygen atoms in total. The summed E-state index contributed by atoms with van der Waals surface area (Å²) < 4.78 is 32.1. The number of nitrogens with one attached hydrogen (secondary N) is 3. The number of alkyl halides is 2. The number of halogens is 2. The molecule has 0 spiro atoms. The molecule has 4 atom stereocenters. The highest BCUT2D eigenvalue weighted by Gasteiger charge is 2.38. The second-order valence-corrected chi connectivity index (χ2v) is 9.39. The largest absolute Gasteiger partial charge is 0.446 e. The molecule has 3 N–H and O–H groups in total. The van der Waals surface area contributed by atoms with Crippen molar-refractivity contribution in [3.05, 3.63) is 0 Å². The molecule has 1 aliphatic heterocycles. The lowest BCUT2D eigenvalue weighted by molar-refractivity contribution is -0.127. The van der Waals surface area contributed by atoms with E-state index >= 15 is 0 Å². The van der Waals surface area contributed by atoms with Gasteiger partial charge >= 0.3 is 6.09 Å². The van der Waals surface area contributed by atoms with Crippen molar-refractivity contribution in [2.45, 2.75) is 89.8 Å². The average molecular weight is 460 g/mol. The van der Waals surface area contributed by atoms with E-state index in [9.17, 15) is 28.0 Å². The number of alkyl carbamates (subject to hydrolysis) is 1. The average Bonchev–Trinajstić information content (AvgIpc) is 3.10. The lowest BCUT2D eigenvalue weighted by atomic mass is 9.84. The van der Waals surface area contributed by atoms with E-state index in [0.717, 1.165) is 0 Å². The van der Waals surface area contributed by atoms with E-state index in [1.54, 1.807) is 6.92 Å². The maximum atomic E-state index is 13.4. The Balaban J connectivity index is 1.90. The predicted octanol–water partition coefficient (Wildman–Crippen LogP) is 2.55. The second-order valence-electron chi connectivity index (χ2n) is 9.39. The molecule has 4 unspecified atom stereocenters. The first-order valence-electron chi connectivity index (χ1n) is 11.4. The third-order valence-electron chi connectivity index (χ3n) is 6.23. The van der Waals surface area contributed by atoms with Gasteiger partial charge in [-0.3, -0.25) is 9.59 Å². The number of amides is 3. The van der Waals surface area contributed by atoms with Crippen LogP contribution in [0.1, 0.15) is 65.7 Å². The Kier molecular flexibility index (Phi) is 9.39. The van der Waals surface area contributed by atoms with E-state index in [4.69, 9.17) is 4.74 Å². The molecule has 1 saturated carbocycles. The van der Waals surface area contributed by atoms with Gasteiger partial charge in [0.05, 0.1) is 6.04 Å². The first kappa shape index (κ1) is 26.0. The minimum Gasteiger partial charge on any atom is -0.446 e. The van der Waals surface area contributed by atoms with E-state index in [0.29, 0.717) is 25.7 Å². The molecule has 1 saturated heterocycles. The van der Waals surface area contributed by atoms with Gasteiger partial charge < -0.3 is 25.5 Å². The van der Waals surface area contributed by atoms with Gasteiger partial charge in [-0.2, -0.15) is 0 Å². The van der Waals surface area contributed by atoms with E-state index < -0.39 is 36.1 Å². The molecule has 0 aromatic heterocycles. The van der Waals surface area contributed by atoms with Gasteiger partial charge in [-0.15, -0.1) is 0 Å². The van der Waals surface area contributed by atoms with Crippen LogP contribution in [-0.2, 0) is 19.1 Å². The Morgan fingerprint density at radius 2 is 1.84 bits per heavy atom. The van der Waals surface area contributed by atoms with Gasteiger partial charge in [0, 0.05) is 25.3 Å². The monoisotopic (exact) mass is 459 g/mol. The Morgan fingerprint density at radius 1 is 1.19 bits per heavy atom. The normalized spacial score (nSPS) is 23.7. The maximum absolute atomic E-state index is 13.4. The topological polar surface area (TPSA) is 114 Å². The number of ether oxygens (including phenoxy) is 1. The van der Waals surface area contributed by atoms with Crippen LogP contribution in [0, 0.1) is 17.8 Å². The zero-order chi connectivity index (χ0) is 23.9. The highest BCUT2D eigenvalue weighted by molar-refractivity contribution is 5.88. The molecule has 10 heteroatoms. The third-order valence-corrected chi connectivity index (χ3v) is 6.23. The van der Waals surface area contributed by atoms with Crippen LogP contribution in [0.15, 0.2) is 0 Å². The van der Waals surface area contributed by atoms with Gasteiger partial charge in [0.25, 0.3) is 0 Å². The maximum Gasteiger partial charge on any atom is 0.408 e. The first-order chi connectivity index (χ1) is 15.0. The summed E-state index contributed by atoms with van der Waals surface area (Å²) in [5, 5.41) is 7.85. The van der Waals surface area contributed by atoms with Gasteiger partial charge in [-0.05, 0) is 50.9 Å². The van der Waals surface area contributed by atoms with Gasteiger partial charge in [-0.25, -0.2) is 13.6 Å². The Labute approximate surface area is 187 Å². The standard InChI is InChI=1S/C22H35F2N3O5/c1-13(2)10-18(20(30)26-17(12-28)11-16-6-9-25-19(16)29)27-21(31)32-14(3)15-4-7-22(23,24)8-5-15/h12-18H,4-11H2,1-3H3,(H,25,29)(H,26,30)(H,27,31). The SMILES string of the molecule is CC(C)CC(NC(=O)OC(C)C1CCC(F)(F)CC1)C(=O)NC(C=O)CC1CCNC1=O. The van der Waals surface area contributed by atoms with Gasteiger partial charge in [0.15, 0.2) is 0 Å². The van der Waals surface area contributed by atoms with E-state index in [1.807, 2.05) is 13.8 Å². The van der Waals surface area contributed by atoms with Crippen molar-refractivity contribution in [2.75, 3.05) is 6.54 Å². The molecule has 3 amide bonds. The molecule has 182 valence electrons. The molecule has 1 aliphatic carbocycles. The van der Waals surface area contributed by atoms with Gasteiger partial charge in [-0.1, -0.05) is 13.8 Å². The summed E-state index contributed by atoms with van der Waals surface area (Å²) in [4.78, 5) is 48.4. The number of hydrogen-bond donors (Lipinski definition) is 3. The number of hydrogen-bond acceptors (Lipinski definition) is 5. The van der Waals surface area contributed by atoms with Crippen LogP contribution in [0.2, 0.25) is 0 Å². The molecule has 32 heavy (non-hydrogen) atoms. The lowest BCUT2D eigenvalue weighted by Crippen LogP contribution is -2.51. The van der Waals surface area contributed by atoms with Crippen molar-refractivity contribution in [2.24, 2.45) is 17.8 Å². The van der Waals surface area contributed by atoms with Crippen LogP contribution in [0.3, 0.4) is 0 Å². The van der Waals surface area contributed by atoms with E-state index in [-0.39, 0.29) is 55.8 Å². The predicted molar refractivity (Wildman–Crippen MR) is 113 cm³/mol. The smallest absolute Gasteiger partial charge is 0.408 e. The zero-order valence-corrected chi connectivity index (χ0v) is 19.0. The van der Waals surface area contributed by atoms with Crippen LogP contribution in [0.5, 0.6) is 0 Å². The summed E-state index contributed by atoms with van der Waals surface area (Å²) >= 11 is 0. The Morgan fingerprint density at radius 3 is 2.38 bits per heavy atom. The van der Waals surface area contributed by atoms with E-state index in [1.165, 1.54) is 0 Å². The molecule has 0 aromatic carbocycles. The quantitative estimate of drug-likeness (QED) is 0.435. The molecule has 0 radical (unpaired) electrons. The lowest BCUT2D eigenvalue weighted by Gasteiger charge is -2.32. The summed E-state index contributed by atoms with van der Waals surface area (Å²) in [6.07, 6.45) is 0.448. The van der Waals surface area contributed by atoms with Crippen molar-refractivity contribution in [3.8, 4) is 0 Å². The van der Waals surface area contributed by atoms with E-state index in [2.05, 4.69) is 16.0 Å². The molecule has 0 bridgehead atoms. The molecule has 2 rings (SSSR count). The number of carbonyl (C=O) groups is 4. The van der Waals surface area contributed by atoms with Crippen molar-refractivity contribution < 1.29 is 32.7 Å². The van der Waals surface area contributed by atoms with Crippen molar-refractivity contribution in [3.63, 3.8) is 0 Å². The van der Waals surface area contributed by atoms with Crippen molar-refractivity contribution in [1.29, 1.82) is 0 Å².